The van der Waals surface area contributed by atoms with Crippen LogP contribution in [0.3, 0.4) is 0 Å². The molecule has 0 aliphatic rings. The minimum absolute atomic E-state index is 0.0439. The van der Waals surface area contributed by atoms with Crippen LogP contribution in [-0.4, -0.2) is 12.0 Å². The van der Waals surface area contributed by atoms with Crippen molar-refractivity contribution in [3.05, 3.63) is 74.2 Å². The first-order valence-corrected chi connectivity index (χ1v) is 7.77. The molecule has 0 saturated carbocycles. The van der Waals surface area contributed by atoms with Crippen LogP contribution in [0.2, 0.25) is 15.1 Å². The topological polar surface area (TPSA) is 17.1 Å². The lowest BCUT2D eigenvalue weighted by atomic mass is 10.0. The highest BCUT2D eigenvalue weighted by Gasteiger charge is 2.35. The summed E-state index contributed by atoms with van der Waals surface area (Å²) in [5, 5.41) is 0.512. The summed E-state index contributed by atoms with van der Waals surface area (Å²) in [6.45, 7) is 1.66. The Morgan fingerprint density at radius 3 is 2.04 bits per heavy atom. The number of allylic oxidation sites excluding steroid dienone is 2. The van der Waals surface area contributed by atoms with E-state index in [0.29, 0.717) is 16.7 Å². The Kier molecular flexibility index (Phi) is 5.63. The van der Waals surface area contributed by atoms with E-state index in [1.54, 1.807) is 6.92 Å². The molecule has 0 amide bonds. The lowest BCUT2D eigenvalue weighted by Gasteiger charge is -2.13. The second-order valence-electron chi connectivity index (χ2n) is 5.04. The predicted octanol–water partition coefficient (Wildman–Crippen LogP) is 6.78. The Labute approximate surface area is 151 Å². The van der Waals surface area contributed by atoms with Crippen molar-refractivity contribution in [3.8, 4) is 0 Å². The van der Waals surface area contributed by atoms with Crippen molar-refractivity contribution < 1.29 is 18.0 Å². The summed E-state index contributed by atoms with van der Waals surface area (Å²) in [5.74, 6) is -0.793. The van der Waals surface area contributed by atoms with Crippen molar-refractivity contribution in [3.63, 3.8) is 0 Å². The highest BCUT2D eigenvalue weighted by atomic mass is 35.5. The van der Waals surface area contributed by atoms with E-state index in [2.05, 4.69) is 0 Å². The molecule has 24 heavy (non-hydrogen) atoms. The van der Waals surface area contributed by atoms with E-state index in [9.17, 15) is 18.0 Å². The van der Waals surface area contributed by atoms with Gasteiger partial charge in [-0.2, -0.15) is 13.2 Å². The van der Waals surface area contributed by atoms with Gasteiger partial charge in [-0.05, 0) is 60.5 Å². The van der Waals surface area contributed by atoms with Crippen LogP contribution >= 0.6 is 34.8 Å². The molecule has 0 N–H and O–H groups in total. The number of benzene rings is 2. The fraction of sp³-hybridized carbons (Fsp3) is 0.118. The van der Waals surface area contributed by atoms with Crippen molar-refractivity contribution >= 4 is 46.2 Å². The monoisotopic (exact) mass is 392 g/mol. The van der Waals surface area contributed by atoms with E-state index in [1.165, 1.54) is 24.3 Å². The van der Waals surface area contributed by atoms with Crippen LogP contribution < -0.4 is 0 Å². The minimum atomic E-state index is -4.74. The van der Waals surface area contributed by atoms with Crippen molar-refractivity contribution in [1.29, 1.82) is 0 Å². The van der Waals surface area contributed by atoms with E-state index >= 15 is 0 Å². The molecule has 0 aliphatic heterocycles. The number of rotatable bonds is 3. The summed E-state index contributed by atoms with van der Waals surface area (Å²) in [4.78, 5) is 12.2. The maximum absolute atomic E-state index is 13.4. The molecular weight excluding hydrogens is 384 g/mol. The van der Waals surface area contributed by atoms with Crippen LogP contribution in [-0.2, 0) is 0 Å². The molecule has 7 heteroatoms. The first-order valence-electron chi connectivity index (χ1n) is 6.64. The number of alkyl halides is 3. The average Bonchev–Trinajstić information content (AvgIpc) is 2.45. The first-order chi connectivity index (χ1) is 11.1. The third kappa shape index (κ3) is 4.53. The molecule has 0 aromatic heterocycles. The summed E-state index contributed by atoms with van der Waals surface area (Å²) in [5.41, 5.74) is -0.703. The summed E-state index contributed by atoms with van der Waals surface area (Å²) >= 11 is 17.4. The lowest BCUT2D eigenvalue weighted by Crippen LogP contribution is -2.13. The van der Waals surface area contributed by atoms with Crippen LogP contribution in [0.25, 0.3) is 5.57 Å². The smallest absolute Gasteiger partial charge is 0.289 e. The van der Waals surface area contributed by atoms with Gasteiger partial charge in [-0.25, -0.2) is 0 Å². The van der Waals surface area contributed by atoms with Crippen LogP contribution in [0.15, 0.2) is 42.5 Å². The molecule has 0 heterocycles. The number of carbonyl (C=O) groups is 1. The zero-order valence-electron chi connectivity index (χ0n) is 12.2. The fourth-order valence-electron chi connectivity index (χ4n) is 2.05. The minimum Gasteiger partial charge on any atom is -0.289 e. The second kappa shape index (κ2) is 7.18. The Hall–Kier alpha value is -1.49. The van der Waals surface area contributed by atoms with Gasteiger partial charge in [-0.1, -0.05) is 34.8 Å². The predicted molar refractivity (Wildman–Crippen MR) is 91.0 cm³/mol. The van der Waals surface area contributed by atoms with Gasteiger partial charge in [-0.15, -0.1) is 0 Å². The number of aryl methyl sites for hydroxylation is 1. The summed E-state index contributed by atoms with van der Waals surface area (Å²) in [7, 11) is 0. The normalized spacial score (nSPS) is 12.4. The van der Waals surface area contributed by atoms with Gasteiger partial charge < -0.3 is 0 Å². The van der Waals surface area contributed by atoms with Crippen molar-refractivity contribution in [2.45, 2.75) is 13.1 Å². The van der Waals surface area contributed by atoms with Crippen molar-refractivity contribution in [2.24, 2.45) is 0 Å². The van der Waals surface area contributed by atoms with Crippen molar-refractivity contribution in [2.75, 3.05) is 0 Å². The van der Waals surface area contributed by atoms with E-state index in [1.807, 2.05) is 0 Å². The standard InChI is InChI=1S/C17H10Cl3F3O/c1-9-4-10(2-3-15(9)20)16(24)8-14(17(21,22)23)11-5-12(18)7-13(19)6-11/h2-8H,1H3. The molecule has 2 aromatic rings. The van der Waals surface area contributed by atoms with Gasteiger partial charge in [-0.3, -0.25) is 4.79 Å². The molecule has 0 atom stereocenters. The average molecular weight is 394 g/mol. The van der Waals surface area contributed by atoms with Crippen LogP contribution in [0.4, 0.5) is 13.2 Å². The largest absolute Gasteiger partial charge is 0.417 e. The lowest BCUT2D eigenvalue weighted by molar-refractivity contribution is -0.0689. The fourth-order valence-corrected chi connectivity index (χ4v) is 2.69. The summed E-state index contributed by atoms with van der Waals surface area (Å²) in [6, 6.07) is 7.78. The van der Waals surface area contributed by atoms with Crippen LogP contribution in [0.5, 0.6) is 0 Å². The molecule has 2 rings (SSSR count). The third-order valence-electron chi connectivity index (χ3n) is 3.20. The molecule has 0 spiro atoms. The molecular formula is C17H10Cl3F3O. The molecule has 1 nitrogen and oxygen atoms in total. The Balaban J connectivity index is 2.53. The summed E-state index contributed by atoms with van der Waals surface area (Å²) < 4.78 is 40.1. The Morgan fingerprint density at radius 2 is 1.54 bits per heavy atom. The molecule has 0 bridgehead atoms. The molecule has 0 fully saturated rings. The Bertz CT molecular complexity index is 806. The van der Waals surface area contributed by atoms with Gasteiger partial charge in [0.25, 0.3) is 0 Å². The van der Waals surface area contributed by atoms with Crippen LogP contribution in [0.1, 0.15) is 21.5 Å². The van der Waals surface area contributed by atoms with E-state index in [4.69, 9.17) is 34.8 Å². The van der Waals surface area contributed by atoms with Gasteiger partial charge in [0, 0.05) is 20.6 Å². The zero-order chi connectivity index (χ0) is 18.1. The highest BCUT2D eigenvalue weighted by Crippen LogP contribution is 2.36. The quantitative estimate of drug-likeness (QED) is 0.415. The third-order valence-corrected chi connectivity index (χ3v) is 4.06. The number of carbonyl (C=O) groups excluding carboxylic acids is 1. The molecule has 126 valence electrons. The van der Waals surface area contributed by atoms with E-state index in [0.717, 1.165) is 12.1 Å². The molecule has 0 unspecified atom stereocenters. The van der Waals surface area contributed by atoms with E-state index in [-0.39, 0.29) is 21.2 Å². The zero-order valence-corrected chi connectivity index (χ0v) is 14.5. The maximum atomic E-state index is 13.4. The van der Waals surface area contributed by atoms with Crippen LogP contribution in [0, 0.1) is 6.92 Å². The summed E-state index contributed by atoms with van der Waals surface area (Å²) in [6.07, 6.45) is -4.21. The Morgan fingerprint density at radius 1 is 0.958 bits per heavy atom. The molecule has 0 radical (unpaired) electrons. The number of ketones is 1. The van der Waals surface area contributed by atoms with Gasteiger partial charge in [0.1, 0.15) is 0 Å². The number of hydrogen-bond donors (Lipinski definition) is 0. The van der Waals surface area contributed by atoms with Gasteiger partial charge >= 0.3 is 6.18 Å². The first kappa shape index (κ1) is 18.8. The molecule has 2 aromatic carbocycles. The second-order valence-corrected chi connectivity index (χ2v) is 6.32. The van der Waals surface area contributed by atoms with Gasteiger partial charge in [0.05, 0.1) is 5.57 Å². The number of halogens is 6. The van der Waals surface area contributed by atoms with Gasteiger partial charge in [0.15, 0.2) is 5.78 Å². The van der Waals surface area contributed by atoms with Gasteiger partial charge in [0.2, 0.25) is 0 Å². The maximum Gasteiger partial charge on any atom is 0.417 e. The number of hydrogen-bond acceptors (Lipinski definition) is 1. The molecule has 0 saturated heterocycles. The van der Waals surface area contributed by atoms with E-state index < -0.39 is 17.5 Å². The highest BCUT2D eigenvalue weighted by molar-refractivity contribution is 6.35. The SMILES string of the molecule is Cc1cc(C(=O)C=C(c2cc(Cl)cc(Cl)c2)C(F)(F)F)ccc1Cl. The molecule has 0 aliphatic carbocycles. The van der Waals surface area contributed by atoms with Crippen molar-refractivity contribution in [1.82, 2.24) is 0 Å².